The first-order valence-corrected chi connectivity index (χ1v) is 14.6. The van der Waals surface area contributed by atoms with Crippen molar-refractivity contribution in [1.29, 1.82) is 0 Å². The molecule has 4 heterocycles. The minimum absolute atomic E-state index is 0.248. The summed E-state index contributed by atoms with van der Waals surface area (Å²) in [7, 11) is 0. The molecule has 0 bridgehead atoms. The summed E-state index contributed by atoms with van der Waals surface area (Å²) in [6.45, 7) is 2.44. The molecule has 7 rings (SSSR count). The zero-order chi connectivity index (χ0) is 26.9. The highest BCUT2D eigenvalue weighted by Gasteiger charge is 2.26. The van der Waals surface area contributed by atoms with Gasteiger partial charge in [-0.2, -0.15) is 0 Å². The molecule has 40 heavy (non-hydrogen) atoms. The topological polar surface area (TPSA) is 81.2 Å². The van der Waals surface area contributed by atoms with E-state index >= 15 is 0 Å². The van der Waals surface area contributed by atoms with Crippen LogP contribution >= 0.6 is 0 Å². The summed E-state index contributed by atoms with van der Waals surface area (Å²) in [5, 5.41) is 10.6. The van der Waals surface area contributed by atoms with Crippen LogP contribution in [0.3, 0.4) is 0 Å². The summed E-state index contributed by atoms with van der Waals surface area (Å²) in [4.78, 5) is 16.6. The fraction of sp³-hybridized carbons (Fsp3) is 0.406. The average Bonchev–Trinajstić information content (AvgIpc) is 3.63. The Morgan fingerprint density at radius 3 is 2.52 bits per heavy atom. The molecular formula is C32H36N6O2. The molecule has 206 valence electrons. The van der Waals surface area contributed by atoms with Crippen LogP contribution in [0.1, 0.15) is 56.6 Å². The van der Waals surface area contributed by atoms with Crippen LogP contribution in [0.2, 0.25) is 0 Å². The number of imidazole rings is 1. The van der Waals surface area contributed by atoms with Gasteiger partial charge in [0.15, 0.2) is 5.65 Å². The summed E-state index contributed by atoms with van der Waals surface area (Å²) in [6, 6.07) is 17.3. The molecule has 1 saturated heterocycles. The van der Waals surface area contributed by atoms with Crippen molar-refractivity contribution in [3.8, 4) is 11.6 Å². The summed E-state index contributed by atoms with van der Waals surface area (Å²) in [5.41, 5.74) is 6.21. The molecule has 2 aliphatic rings. The molecule has 8 nitrogen and oxygen atoms in total. The van der Waals surface area contributed by atoms with Gasteiger partial charge in [0.2, 0.25) is 5.88 Å². The molecule has 0 amide bonds. The third-order valence-corrected chi connectivity index (χ3v) is 8.76. The lowest BCUT2D eigenvalue weighted by molar-refractivity contribution is 0.203. The molecule has 1 aliphatic heterocycles. The van der Waals surface area contributed by atoms with Gasteiger partial charge in [0.05, 0.1) is 23.0 Å². The second kappa shape index (κ2) is 10.9. The molecule has 5 aromatic rings. The Bertz CT molecular complexity index is 1600. The number of fused-ring (bicyclic) bond motifs is 2. The normalized spacial score (nSPS) is 17.2. The van der Waals surface area contributed by atoms with Crippen molar-refractivity contribution in [2.75, 3.05) is 24.6 Å². The van der Waals surface area contributed by atoms with E-state index in [1.807, 2.05) is 24.5 Å². The van der Waals surface area contributed by atoms with Gasteiger partial charge in [-0.15, -0.1) is 0 Å². The third-order valence-electron chi connectivity index (χ3n) is 8.76. The van der Waals surface area contributed by atoms with E-state index in [0.717, 1.165) is 59.4 Å². The van der Waals surface area contributed by atoms with Crippen molar-refractivity contribution in [3.63, 3.8) is 0 Å². The average molecular weight is 537 g/mol. The zero-order valence-corrected chi connectivity index (χ0v) is 22.8. The first-order chi connectivity index (χ1) is 19.8. The minimum atomic E-state index is 0.248. The van der Waals surface area contributed by atoms with E-state index in [0.29, 0.717) is 24.4 Å². The van der Waals surface area contributed by atoms with Gasteiger partial charge in [-0.05, 0) is 55.4 Å². The monoisotopic (exact) mass is 536 g/mol. The van der Waals surface area contributed by atoms with Crippen molar-refractivity contribution in [3.05, 3.63) is 72.9 Å². The SMILES string of the molecule is OCC1CCN(c2cn(-c3ccc4c(c3)ncn4C3CCCCC3)c3ncnc(OCc4ccccc4)c23)CC1. The quantitative estimate of drug-likeness (QED) is 0.272. The molecule has 0 atom stereocenters. The van der Waals surface area contributed by atoms with Crippen LogP contribution in [0.5, 0.6) is 5.88 Å². The van der Waals surface area contributed by atoms with Crippen LogP contribution in [0.25, 0.3) is 27.8 Å². The second-order valence-corrected chi connectivity index (χ2v) is 11.3. The predicted molar refractivity (Wildman–Crippen MR) is 157 cm³/mol. The van der Waals surface area contributed by atoms with E-state index < -0.39 is 0 Å². The number of aromatic nitrogens is 5. The molecule has 2 fully saturated rings. The van der Waals surface area contributed by atoms with Crippen molar-refractivity contribution >= 4 is 27.8 Å². The number of piperidine rings is 1. The van der Waals surface area contributed by atoms with Gasteiger partial charge >= 0.3 is 0 Å². The van der Waals surface area contributed by atoms with Crippen LogP contribution in [0, 0.1) is 5.92 Å². The Kier molecular flexibility index (Phi) is 6.85. The molecule has 0 unspecified atom stereocenters. The molecule has 0 radical (unpaired) electrons. The summed E-state index contributed by atoms with van der Waals surface area (Å²) >= 11 is 0. The largest absolute Gasteiger partial charge is 0.472 e. The van der Waals surface area contributed by atoms with E-state index in [2.05, 4.69) is 55.5 Å². The fourth-order valence-corrected chi connectivity index (χ4v) is 6.46. The van der Waals surface area contributed by atoms with Crippen LogP contribution in [0.4, 0.5) is 5.69 Å². The maximum Gasteiger partial charge on any atom is 0.228 e. The number of hydrogen-bond donors (Lipinski definition) is 1. The van der Waals surface area contributed by atoms with Crippen LogP contribution in [-0.4, -0.2) is 48.9 Å². The minimum Gasteiger partial charge on any atom is -0.472 e. The van der Waals surface area contributed by atoms with Crippen molar-refractivity contribution in [2.45, 2.75) is 57.6 Å². The number of benzene rings is 2. The maximum atomic E-state index is 9.70. The van der Waals surface area contributed by atoms with Gasteiger partial charge in [-0.1, -0.05) is 49.6 Å². The number of nitrogens with zero attached hydrogens (tertiary/aromatic N) is 6. The molecule has 1 N–H and O–H groups in total. The van der Waals surface area contributed by atoms with Gasteiger partial charge in [0.1, 0.15) is 18.3 Å². The number of aliphatic hydroxyl groups excluding tert-OH is 1. The van der Waals surface area contributed by atoms with E-state index in [1.165, 1.54) is 37.6 Å². The van der Waals surface area contributed by atoms with E-state index in [9.17, 15) is 5.11 Å². The summed E-state index contributed by atoms with van der Waals surface area (Å²) in [5.74, 6) is 0.950. The van der Waals surface area contributed by atoms with Crippen molar-refractivity contribution in [2.24, 2.45) is 5.92 Å². The molecule has 3 aromatic heterocycles. The Balaban J connectivity index is 1.28. The second-order valence-electron chi connectivity index (χ2n) is 11.3. The number of hydrogen-bond acceptors (Lipinski definition) is 6. The highest BCUT2D eigenvalue weighted by molar-refractivity contribution is 5.96. The molecule has 2 aromatic carbocycles. The number of aliphatic hydroxyl groups is 1. The fourth-order valence-electron chi connectivity index (χ4n) is 6.46. The molecule has 8 heteroatoms. The maximum absolute atomic E-state index is 9.70. The van der Waals surface area contributed by atoms with Gasteiger partial charge in [-0.3, -0.25) is 4.57 Å². The lowest BCUT2D eigenvalue weighted by Gasteiger charge is -2.32. The smallest absolute Gasteiger partial charge is 0.228 e. The van der Waals surface area contributed by atoms with E-state index in [1.54, 1.807) is 6.33 Å². The number of rotatable bonds is 7. The van der Waals surface area contributed by atoms with E-state index in [4.69, 9.17) is 14.7 Å². The summed E-state index contributed by atoms with van der Waals surface area (Å²) in [6.07, 6.45) is 14.1. The Labute approximate surface area is 234 Å². The predicted octanol–water partition coefficient (Wildman–Crippen LogP) is 6.06. The Morgan fingerprint density at radius 1 is 0.900 bits per heavy atom. The van der Waals surface area contributed by atoms with Gasteiger partial charge in [0.25, 0.3) is 0 Å². The first-order valence-electron chi connectivity index (χ1n) is 14.6. The molecular weight excluding hydrogens is 500 g/mol. The Morgan fingerprint density at radius 2 is 1.73 bits per heavy atom. The standard InChI is InChI=1S/C32H36N6O2/c39-19-23-13-15-36(16-14-23)29-18-37(31-30(29)32(34-21-33-31)40-20-24-7-3-1-4-8-24)26-11-12-28-27(17-26)35-22-38(28)25-9-5-2-6-10-25/h1,3-4,7-8,11-12,17-18,21-23,25,39H,2,5-6,9-10,13-16,19-20H2. The van der Waals surface area contributed by atoms with Crippen LogP contribution in [-0.2, 0) is 6.61 Å². The first kappa shape index (κ1) is 25.1. The highest BCUT2D eigenvalue weighted by atomic mass is 16.5. The van der Waals surface area contributed by atoms with Crippen LogP contribution < -0.4 is 9.64 Å². The van der Waals surface area contributed by atoms with Gasteiger partial charge in [0, 0.05) is 37.6 Å². The molecule has 1 aliphatic carbocycles. The summed E-state index contributed by atoms with van der Waals surface area (Å²) < 4.78 is 10.8. The highest BCUT2D eigenvalue weighted by Crippen LogP contribution is 2.38. The number of anilines is 1. The molecule has 1 saturated carbocycles. The molecule has 0 spiro atoms. The van der Waals surface area contributed by atoms with Crippen LogP contribution in [0.15, 0.2) is 67.4 Å². The number of ether oxygens (including phenoxy) is 1. The lowest BCUT2D eigenvalue weighted by atomic mass is 9.95. The lowest BCUT2D eigenvalue weighted by Crippen LogP contribution is -2.34. The Hall–Kier alpha value is -3.91. The van der Waals surface area contributed by atoms with Crippen molar-refractivity contribution < 1.29 is 9.84 Å². The van der Waals surface area contributed by atoms with Gasteiger partial charge < -0.3 is 19.3 Å². The zero-order valence-electron chi connectivity index (χ0n) is 22.8. The van der Waals surface area contributed by atoms with Gasteiger partial charge in [-0.25, -0.2) is 15.0 Å². The third kappa shape index (κ3) is 4.70. The van der Waals surface area contributed by atoms with Crippen molar-refractivity contribution in [1.82, 2.24) is 24.1 Å². The van der Waals surface area contributed by atoms with E-state index in [-0.39, 0.29) is 6.61 Å².